The van der Waals surface area contributed by atoms with Crippen LogP contribution in [-0.2, 0) is 0 Å². The Morgan fingerprint density at radius 3 is 2.82 bits per heavy atom. The Balaban J connectivity index is 1.41. The number of aliphatic hydroxyl groups is 1. The maximum Gasteiger partial charge on any atom is 0.241 e. The average molecular weight is 374 g/mol. The molecular formula is C21H22N6O. The van der Waals surface area contributed by atoms with Crippen LogP contribution in [0.25, 0.3) is 27.8 Å². The van der Waals surface area contributed by atoms with Crippen molar-refractivity contribution >= 4 is 22.5 Å². The molecule has 5 rings (SSSR count). The summed E-state index contributed by atoms with van der Waals surface area (Å²) in [6.45, 7) is 1.91. The van der Waals surface area contributed by atoms with Crippen molar-refractivity contribution in [2.24, 2.45) is 0 Å². The molecule has 2 N–H and O–H groups in total. The second-order valence-corrected chi connectivity index (χ2v) is 7.79. The third-order valence-corrected chi connectivity index (χ3v) is 5.54. The zero-order chi connectivity index (χ0) is 19.1. The van der Waals surface area contributed by atoms with Crippen LogP contribution in [0.3, 0.4) is 0 Å². The van der Waals surface area contributed by atoms with Gasteiger partial charge in [0.15, 0.2) is 0 Å². The highest BCUT2D eigenvalue weighted by Crippen LogP contribution is 2.29. The summed E-state index contributed by atoms with van der Waals surface area (Å²) in [7, 11) is 0. The van der Waals surface area contributed by atoms with Crippen molar-refractivity contribution in [3.63, 3.8) is 0 Å². The van der Waals surface area contributed by atoms with Crippen molar-refractivity contribution in [2.45, 2.75) is 44.2 Å². The molecule has 4 aromatic rings. The lowest BCUT2D eigenvalue weighted by molar-refractivity contribution is 0.0195. The standard InChI is InChI=1S/C21H22N6O/c1-21(28)9-6-14(7-10-21)24-20-23-13-19-15(8-12-27(19)26-20)16-4-5-17-18(25-16)3-2-11-22-17/h2-5,8,11-14,28H,6-7,9-10H2,1H3,(H,24,26). The number of anilines is 1. The molecule has 1 aliphatic carbocycles. The van der Waals surface area contributed by atoms with Crippen molar-refractivity contribution in [1.82, 2.24) is 24.6 Å². The molecule has 0 radical (unpaired) electrons. The van der Waals surface area contributed by atoms with Crippen molar-refractivity contribution < 1.29 is 5.11 Å². The zero-order valence-corrected chi connectivity index (χ0v) is 15.7. The summed E-state index contributed by atoms with van der Waals surface area (Å²) in [6, 6.07) is 10.1. The molecule has 4 heterocycles. The summed E-state index contributed by atoms with van der Waals surface area (Å²) < 4.78 is 1.83. The van der Waals surface area contributed by atoms with Crippen LogP contribution >= 0.6 is 0 Å². The van der Waals surface area contributed by atoms with E-state index in [1.807, 2.05) is 54.2 Å². The molecule has 142 valence electrons. The van der Waals surface area contributed by atoms with Crippen LogP contribution < -0.4 is 5.32 Å². The molecule has 1 saturated carbocycles. The molecule has 0 spiro atoms. The molecule has 1 fully saturated rings. The SMILES string of the molecule is CC1(O)CCC(Nc2ncc3c(-c4ccc5ncccc5n4)ccn3n2)CC1. The third kappa shape index (κ3) is 3.18. The van der Waals surface area contributed by atoms with E-state index >= 15 is 0 Å². The van der Waals surface area contributed by atoms with E-state index in [0.29, 0.717) is 12.0 Å². The molecular weight excluding hydrogens is 352 g/mol. The number of pyridine rings is 2. The molecule has 0 bridgehead atoms. The minimum absolute atomic E-state index is 0.294. The van der Waals surface area contributed by atoms with E-state index in [4.69, 9.17) is 4.98 Å². The van der Waals surface area contributed by atoms with Crippen molar-refractivity contribution in [3.05, 3.63) is 48.9 Å². The first-order valence-corrected chi connectivity index (χ1v) is 9.63. The fraction of sp³-hybridized carbons (Fsp3) is 0.333. The highest BCUT2D eigenvalue weighted by atomic mass is 16.3. The first-order chi connectivity index (χ1) is 13.6. The molecule has 7 nitrogen and oxygen atoms in total. The third-order valence-electron chi connectivity index (χ3n) is 5.54. The lowest BCUT2D eigenvalue weighted by Crippen LogP contribution is -2.36. The van der Waals surface area contributed by atoms with Crippen LogP contribution in [-0.4, -0.2) is 41.3 Å². The van der Waals surface area contributed by atoms with Crippen LogP contribution in [0.4, 0.5) is 5.95 Å². The topological polar surface area (TPSA) is 88.2 Å². The Morgan fingerprint density at radius 2 is 1.96 bits per heavy atom. The fourth-order valence-corrected chi connectivity index (χ4v) is 3.86. The number of rotatable bonds is 3. The van der Waals surface area contributed by atoms with Gasteiger partial charge in [-0.2, -0.15) is 0 Å². The van der Waals surface area contributed by atoms with Crippen molar-refractivity contribution in [2.75, 3.05) is 5.32 Å². The van der Waals surface area contributed by atoms with Gasteiger partial charge in [-0.3, -0.25) is 4.98 Å². The monoisotopic (exact) mass is 374 g/mol. The highest BCUT2D eigenvalue weighted by Gasteiger charge is 2.28. The first-order valence-electron chi connectivity index (χ1n) is 9.63. The summed E-state index contributed by atoms with van der Waals surface area (Å²) in [5.41, 5.74) is 3.98. The Kier molecular flexibility index (Phi) is 3.98. The van der Waals surface area contributed by atoms with E-state index in [9.17, 15) is 5.11 Å². The minimum atomic E-state index is -0.541. The molecule has 1 aliphatic rings. The van der Waals surface area contributed by atoms with Gasteiger partial charge in [-0.15, -0.1) is 5.10 Å². The predicted molar refractivity (Wildman–Crippen MR) is 108 cm³/mol. The summed E-state index contributed by atoms with van der Waals surface area (Å²) in [4.78, 5) is 13.6. The fourth-order valence-electron chi connectivity index (χ4n) is 3.86. The number of hydrogen-bond acceptors (Lipinski definition) is 6. The zero-order valence-electron chi connectivity index (χ0n) is 15.7. The second kappa shape index (κ2) is 6.53. The summed E-state index contributed by atoms with van der Waals surface area (Å²) in [5.74, 6) is 0.608. The lowest BCUT2D eigenvalue weighted by Gasteiger charge is -2.33. The summed E-state index contributed by atoms with van der Waals surface area (Å²) in [5, 5.41) is 18.1. The molecule has 0 saturated heterocycles. The van der Waals surface area contributed by atoms with Gasteiger partial charge in [-0.1, -0.05) is 0 Å². The number of aromatic nitrogens is 5. The molecule has 7 heteroatoms. The van der Waals surface area contributed by atoms with Gasteiger partial charge in [0.25, 0.3) is 0 Å². The second-order valence-electron chi connectivity index (χ2n) is 7.79. The molecule has 4 aromatic heterocycles. The van der Waals surface area contributed by atoms with Gasteiger partial charge in [-0.05, 0) is 62.9 Å². The van der Waals surface area contributed by atoms with Gasteiger partial charge in [0.2, 0.25) is 5.95 Å². The normalized spacial score (nSPS) is 22.6. The Morgan fingerprint density at radius 1 is 1.11 bits per heavy atom. The van der Waals surface area contributed by atoms with Gasteiger partial charge in [0, 0.05) is 24.0 Å². The van der Waals surface area contributed by atoms with E-state index in [1.165, 1.54) is 0 Å². The van der Waals surface area contributed by atoms with Crippen molar-refractivity contribution in [1.29, 1.82) is 0 Å². The number of nitrogens with zero attached hydrogens (tertiary/aromatic N) is 5. The van der Waals surface area contributed by atoms with Crippen LogP contribution in [0.1, 0.15) is 32.6 Å². The van der Waals surface area contributed by atoms with Crippen LogP contribution in [0.15, 0.2) is 48.9 Å². The molecule has 0 aliphatic heterocycles. The Hall–Kier alpha value is -3.06. The molecule has 0 atom stereocenters. The van der Waals surface area contributed by atoms with Crippen LogP contribution in [0.2, 0.25) is 0 Å². The van der Waals surface area contributed by atoms with Gasteiger partial charge in [-0.25, -0.2) is 14.5 Å². The maximum absolute atomic E-state index is 10.1. The van der Waals surface area contributed by atoms with Crippen molar-refractivity contribution in [3.8, 4) is 11.3 Å². The quantitative estimate of drug-likeness (QED) is 0.571. The number of fused-ring (bicyclic) bond motifs is 2. The Labute approximate surface area is 162 Å². The molecule has 0 amide bonds. The van der Waals surface area contributed by atoms with Gasteiger partial charge < -0.3 is 10.4 Å². The minimum Gasteiger partial charge on any atom is -0.390 e. The maximum atomic E-state index is 10.1. The summed E-state index contributed by atoms with van der Waals surface area (Å²) >= 11 is 0. The molecule has 0 aromatic carbocycles. The van der Waals surface area contributed by atoms with Crippen LogP contribution in [0, 0.1) is 0 Å². The average Bonchev–Trinajstić information content (AvgIpc) is 3.12. The summed E-state index contributed by atoms with van der Waals surface area (Å²) in [6.07, 6.45) is 8.96. The van der Waals surface area contributed by atoms with E-state index in [2.05, 4.69) is 20.4 Å². The lowest BCUT2D eigenvalue weighted by atomic mass is 9.84. The van der Waals surface area contributed by atoms with E-state index in [1.54, 1.807) is 6.20 Å². The van der Waals surface area contributed by atoms with E-state index in [-0.39, 0.29) is 0 Å². The van der Waals surface area contributed by atoms with E-state index in [0.717, 1.165) is 53.5 Å². The highest BCUT2D eigenvalue weighted by molar-refractivity contribution is 5.83. The van der Waals surface area contributed by atoms with Gasteiger partial charge in [0.05, 0.1) is 34.0 Å². The van der Waals surface area contributed by atoms with E-state index < -0.39 is 5.60 Å². The largest absolute Gasteiger partial charge is 0.390 e. The molecule has 0 unspecified atom stereocenters. The number of nitrogens with one attached hydrogen (secondary N) is 1. The van der Waals surface area contributed by atoms with Gasteiger partial charge in [0.1, 0.15) is 0 Å². The van der Waals surface area contributed by atoms with Gasteiger partial charge >= 0.3 is 0 Å². The smallest absolute Gasteiger partial charge is 0.241 e. The first kappa shape index (κ1) is 17.1. The molecule has 28 heavy (non-hydrogen) atoms. The number of hydrogen-bond donors (Lipinski definition) is 2. The Bertz CT molecular complexity index is 1140. The predicted octanol–water partition coefficient (Wildman–Crippen LogP) is 3.45. The van der Waals surface area contributed by atoms with Crippen LogP contribution in [0.5, 0.6) is 0 Å².